The van der Waals surface area contributed by atoms with E-state index in [1.165, 1.54) is 0 Å². The van der Waals surface area contributed by atoms with E-state index in [0.29, 0.717) is 31.1 Å². The molecule has 5 nitrogen and oxygen atoms in total. The third kappa shape index (κ3) is 5.21. The first kappa shape index (κ1) is 16.7. The van der Waals surface area contributed by atoms with Crippen molar-refractivity contribution >= 4 is 6.09 Å². The van der Waals surface area contributed by atoms with Crippen molar-refractivity contribution in [1.29, 1.82) is 0 Å². The molecule has 23 heavy (non-hydrogen) atoms. The highest BCUT2D eigenvalue weighted by Gasteiger charge is 2.09. The number of hydrogen-bond acceptors (Lipinski definition) is 4. The number of amides is 1. The van der Waals surface area contributed by atoms with Crippen LogP contribution >= 0.6 is 0 Å². The standard InChI is InChI=1S/C18H21NO4/c1-3-22-16-6-4-5-7-17(16)23-18(20)19-13-12-14-8-10-15(21-2)11-9-14/h4-11H,3,12-13H2,1-2H3,(H,19,20). The molecule has 0 bridgehead atoms. The first-order chi connectivity index (χ1) is 11.2. The van der Waals surface area contributed by atoms with E-state index < -0.39 is 6.09 Å². The van der Waals surface area contributed by atoms with Crippen LogP contribution in [0.4, 0.5) is 4.79 Å². The average molecular weight is 315 g/mol. The normalized spacial score (nSPS) is 10.0. The predicted molar refractivity (Wildman–Crippen MR) is 88.3 cm³/mol. The second-order valence-corrected chi connectivity index (χ2v) is 4.79. The Morgan fingerprint density at radius 2 is 1.74 bits per heavy atom. The van der Waals surface area contributed by atoms with Gasteiger partial charge in [-0.3, -0.25) is 0 Å². The molecule has 0 aliphatic carbocycles. The van der Waals surface area contributed by atoms with E-state index in [1.54, 1.807) is 25.3 Å². The first-order valence-corrected chi connectivity index (χ1v) is 7.53. The molecular weight excluding hydrogens is 294 g/mol. The maximum Gasteiger partial charge on any atom is 0.412 e. The average Bonchev–Trinajstić information content (AvgIpc) is 2.57. The van der Waals surface area contributed by atoms with Gasteiger partial charge in [0, 0.05) is 6.54 Å². The highest BCUT2D eigenvalue weighted by molar-refractivity contribution is 5.71. The molecule has 0 saturated carbocycles. The summed E-state index contributed by atoms with van der Waals surface area (Å²) in [6.07, 6.45) is 0.220. The van der Waals surface area contributed by atoms with Gasteiger partial charge in [0.05, 0.1) is 13.7 Å². The molecule has 0 radical (unpaired) electrons. The van der Waals surface area contributed by atoms with E-state index in [4.69, 9.17) is 14.2 Å². The van der Waals surface area contributed by atoms with Gasteiger partial charge >= 0.3 is 6.09 Å². The second-order valence-electron chi connectivity index (χ2n) is 4.79. The zero-order valence-electron chi connectivity index (χ0n) is 13.4. The molecule has 0 aliphatic heterocycles. The summed E-state index contributed by atoms with van der Waals surface area (Å²) in [5.41, 5.74) is 1.11. The van der Waals surface area contributed by atoms with Gasteiger partial charge in [-0.15, -0.1) is 0 Å². The van der Waals surface area contributed by atoms with E-state index in [9.17, 15) is 4.79 Å². The molecule has 122 valence electrons. The lowest BCUT2D eigenvalue weighted by Crippen LogP contribution is -2.28. The lowest BCUT2D eigenvalue weighted by atomic mass is 10.1. The number of carbonyl (C=O) groups excluding carboxylic acids is 1. The molecule has 0 aliphatic rings. The number of rotatable bonds is 7. The topological polar surface area (TPSA) is 56.8 Å². The van der Waals surface area contributed by atoms with Crippen LogP contribution in [0.1, 0.15) is 12.5 Å². The van der Waals surface area contributed by atoms with Crippen molar-refractivity contribution < 1.29 is 19.0 Å². The SMILES string of the molecule is CCOc1ccccc1OC(=O)NCCc1ccc(OC)cc1. The molecule has 0 unspecified atom stereocenters. The summed E-state index contributed by atoms with van der Waals surface area (Å²) in [5, 5.41) is 2.73. The number of carbonyl (C=O) groups is 1. The van der Waals surface area contributed by atoms with Crippen molar-refractivity contribution in [2.75, 3.05) is 20.3 Å². The minimum atomic E-state index is -0.495. The smallest absolute Gasteiger partial charge is 0.412 e. The van der Waals surface area contributed by atoms with Gasteiger partial charge in [0.15, 0.2) is 11.5 Å². The Morgan fingerprint density at radius 1 is 1.04 bits per heavy atom. The molecule has 0 heterocycles. The van der Waals surface area contributed by atoms with Crippen molar-refractivity contribution in [1.82, 2.24) is 5.32 Å². The molecule has 0 spiro atoms. The van der Waals surface area contributed by atoms with Crippen LogP contribution in [0.25, 0.3) is 0 Å². The summed E-state index contributed by atoms with van der Waals surface area (Å²) >= 11 is 0. The molecule has 1 N–H and O–H groups in total. The van der Waals surface area contributed by atoms with E-state index in [1.807, 2.05) is 37.3 Å². The molecule has 0 aromatic heterocycles. The summed E-state index contributed by atoms with van der Waals surface area (Å²) < 4.78 is 15.8. The van der Waals surface area contributed by atoms with Crippen LogP contribution in [0.3, 0.4) is 0 Å². The summed E-state index contributed by atoms with van der Waals surface area (Å²) in [7, 11) is 1.63. The minimum Gasteiger partial charge on any atom is -0.497 e. The van der Waals surface area contributed by atoms with E-state index in [2.05, 4.69) is 5.32 Å². The lowest BCUT2D eigenvalue weighted by Gasteiger charge is -2.11. The predicted octanol–water partition coefficient (Wildman–Crippen LogP) is 3.43. The number of methoxy groups -OCH3 is 1. The molecule has 2 aromatic rings. The third-order valence-electron chi connectivity index (χ3n) is 3.19. The second kappa shape index (κ2) is 8.68. The van der Waals surface area contributed by atoms with Gasteiger partial charge < -0.3 is 19.5 Å². The van der Waals surface area contributed by atoms with Gasteiger partial charge in [0.1, 0.15) is 5.75 Å². The van der Waals surface area contributed by atoms with Crippen molar-refractivity contribution in [2.45, 2.75) is 13.3 Å². The fourth-order valence-corrected chi connectivity index (χ4v) is 2.05. The zero-order valence-corrected chi connectivity index (χ0v) is 13.4. The monoisotopic (exact) mass is 315 g/mol. The highest BCUT2D eigenvalue weighted by Crippen LogP contribution is 2.26. The molecule has 1 amide bonds. The van der Waals surface area contributed by atoms with Crippen LogP contribution in [0.15, 0.2) is 48.5 Å². The molecule has 2 aromatic carbocycles. The van der Waals surface area contributed by atoms with Gasteiger partial charge in [0.2, 0.25) is 0 Å². The Balaban J connectivity index is 1.81. The summed E-state index contributed by atoms with van der Waals surface area (Å²) in [4.78, 5) is 11.9. The fraction of sp³-hybridized carbons (Fsp3) is 0.278. The van der Waals surface area contributed by atoms with E-state index in [0.717, 1.165) is 11.3 Å². The molecule has 0 atom stereocenters. The molecule has 5 heteroatoms. The lowest BCUT2D eigenvalue weighted by molar-refractivity contribution is 0.197. The van der Waals surface area contributed by atoms with Crippen LogP contribution < -0.4 is 19.5 Å². The molecule has 0 fully saturated rings. The van der Waals surface area contributed by atoms with Gasteiger partial charge in [-0.1, -0.05) is 24.3 Å². The van der Waals surface area contributed by atoms with Crippen LogP contribution in [-0.4, -0.2) is 26.4 Å². The molecule has 0 saturated heterocycles. The number of para-hydroxylation sites is 2. The Labute approximate surface area is 136 Å². The molecular formula is C18H21NO4. The minimum absolute atomic E-state index is 0.413. The Kier molecular flexibility index (Phi) is 6.29. The number of nitrogens with one attached hydrogen (secondary N) is 1. The number of hydrogen-bond donors (Lipinski definition) is 1. The van der Waals surface area contributed by atoms with E-state index >= 15 is 0 Å². The van der Waals surface area contributed by atoms with Crippen LogP contribution in [0, 0.1) is 0 Å². The van der Waals surface area contributed by atoms with Crippen molar-refractivity contribution in [3.63, 3.8) is 0 Å². The quantitative estimate of drug-likeness (QED) is 0.850. The van der Waals surface area contributed by atoms with Gasteiger partial charge in [-0.2, -0.15) is 0 Å². The largest absolute Gasteiger partial charge is 0.497 e. The fourth-order valence-electron chi connectivity index (χ4n) is 2.05. The Bertz CT molecular complexity index is 625. The zero-order chi connectivity index (χ0) is 16.5. The van der Waals surface area contributed by atoms with Crippen LogP contribution in [0.5, 0.6) is 17.2 Å². The van der Waals surface area contributed by atoms with Crippen molar-refractivity contribution in [2.24, 2.45) is 0 Å². The molecule has 2 rings (SSSR count). The maximum absolute atomic E-state index is 11.9. The maximum atomic E-state index is 11.9. The summed E-state index contributed by atoms with van der Waals surface area (Å²) in [5.74, 6) is 1.78. The van der Waals surface area contributed by atoms with Crippen molar-refractivity contribution in [3.05, 3.63) is 54.1 Å². The first-order valence-electron chi connectivity index (χ1n) is 7.53. The van der Waals surface area contributed by atoms with Gasteiger partial charge in [-0.25, -0.2) is 4.79 Å². The number of ether oxygens (including phenoxy) is 3. The number of benzene rings is 2. The Morgan fingerprint density at radius 3 is 2.39 bits per heavy atom. The van der Waals surface area contributed by atoms with Crippen LogP contribution in [0.2, 0.25) is 0 Å². The van der Waals surface area contributed by atoms with E-state index in [-0.39, 0.29) is 0 Å². The van der Waals surface area contributed by atoms with Crippen molar-refractivity contribution in [3.8, 4) is 17.2 Å². The highest BCUT2D eigenvalue weighted by atomic mass is 16.6. The van der Waals surface area contributed by atoms with Crippen LogP contribution in [-0.2, 0) is 6.42 Å². The van der Waals surface area contributed by atoms with Gasteiger partial charge in [-0.05, 0) is 43.2 Å². The summed E-state index contributed by atoms with van der Waals surface area (Å²) in [6, 6.07) is 14.8. The van der Waals surface area contributed by atoms with Gasteiger partial charge in [0.25, 0.3) is 0 Å². The summed E-state index contributed by atoms with van der Waals surface area (Å²) in [6.45, 7) is 2.88. The Hall–Kier alpha value is -2.69. The third-order valence-corrected chi connectivity index (χ3v) is 3.19.